The Morgan fingerprint density at radius 1 is 1.25 bits per heavy atom. The molecule has 1 aromatic heterocycles. The summed E-state index contributed by atoms with van der Waals surface area (Å²) in [5.74, 6) is -1.82. The third kappa shape index (κ3) is 3.67. The van der Waals surface area contributed by atoms with E-state index in [4.69, 9.17) is 0 Å². The van der Waals surface area contributed by atoms with Gasteiger partial charge < -0.3 is 5.32 Å². The molecule has 0 spiro atoms. The van der Waals surface area contributed by atoms with Crippen molar-refractivity contribution in [3.63, 3.8) is 0 Å². The first kappa shape index (κ1) is 16.3. The second kappa shape index (κ2) is 6.90. The van der Waals surface area contributed by atoms with Gasteiger partial charge in [0.05, 0.1) is 18.7 Å². The van der Waals surface area contributed by atoms with E-state index in [9.17, 15) is 18.4 Å². The number of benzene rings is 1. The van der Waals surface area contributed by atoms with Crippen LogP contribution in [0.25, 0.3) is 0 Å². The SMILES string of the molecule is O=C(Cc1ccc(F)cc1F)NCCn1nc2c(cc1=O)CCC2. The van der Waals surface area contributed by atoms with Crippen LogP contribution in [-0.2, 0) is 30.6 Å². The molecule has 0 unspecified atom stereocenters. The number of aryl methyl sites for hydroxylation is 2. The van der Waals surface area contributed by atoms with Gasteiger partial charge in [-0.15, -0.1) is 0 Å². The molecule has 126 valence electrons. The summed E-state index contributed by atoms with van der Waals surface area (Å²) in [5.41, 5.74) is 1.89. The lowest BCUT2D eigenvalue weighted by molar-refractivity contribution is -0.120. The summed E-state index contributed by atoms with van der Waals surface area (Å²) in [6, 6.07) is 4.71. The molecular weight excluding hydrogens is 316 g/mol. The van der Waals surface area contributed by atoms with Crippen LogP contribution in [0.1, 0.15) is 23.2 Å². The van der Waals surface area contributed by atoms with Gasteiger partial charge >= 0.3 is 0 Å². The number of hydrogen-bond donors (Lipinski definition) is 1. The molecule has 0 bridgehead atoms. The lowest BCUT2D eigenvalue weighted by atomic mass is 10.1. The Balaban J connectivity index is 1.55. The van der Waals surface area contributed by atoms with Crippen LogP contribution < -0.4 is 10.9 Å². The molecule has 0 saturated heterocycles. The van der Waals surface area contributed by atoms with Gasteiger partial charge in [0.2, 0.25) is 5.91 Å². The average Bonchev–Trinajstić information content (AvgIpc) is 2.97. The van der Waals surface area contributed by atoms with E-state index >= 15 is 0 Å². The van der Waals surface area contributed by atoms with Crippen molar-refractivity contribution in [3.8, 4) is 0 Å². The fourth-order valence-corrected chi connectivity index (χ4v) is 2.80. The number of aromatic nitrogens is 2. The Bertz CT molecular complexity index is 833. The van der Waals surface area contributed by atoms with Crippen molar-refractivity contribution in [1.82, 2.24) is 15.1 Å². The van der Waals surface area contributed by atoms with Crippen molar-refractivity contribution >= 4 is 5.91 Å². The standard InChI is InChI=1S/C17H17F2N3O2/c18-13-5-4-11(14(19)10-13)8-16(23)20-6-7-22-17(24)9-12-2-1-3-15(12)21-22/h4-5,9-10H,1-3,6-8H2,(H,20,23). The highest BCUT2D eigenvalue weighted by atomic mass is 19.1. The van der Waals surface area contributed by atoms with Gasteiger partial charge in [-0.3, -0.25) is 9.59 Å². The molecular formula is C17H17F2N3O2. The second-order valence-electron chi connectivity index (χ2n) is 5.79. The molecule has 3 rings (SSSR count). The molecule has 5 nitrogen and oxygen atoms in total. The third-order valence-electron chi connectivity index (χ3n) is 4.04. The summed E-state index contributed by atoms with van der Waals surface area (Å²) in [5, 5.41) is 6.93. The second-order valence-corrected chi connectivity index (χ2v) is 5.79. The Labute approximate surface area is 137 Å². The summed E-state index contributed by atoms with van der Waals surface area (Å²) in [6.45, 7) is 0.469. The van der Waals surface area contributed by atoms with Crippen LogP contribution in [0.3, 0.4) is 0 Å². The maximum atomic E-state index is 13.5. The van der Waals surface area contributed by atoms with Gasteiger partial charge in [-0.2, -0.15) is 5.10 Å². The third-order valence-corrected chi connectivity index (χ3v) is 4.04. The molecule has 24 heavy (non-hydrogen) atoms. The Morgan fingerprint density at radius 3 is 2.88 bits per heavy atom. The highest BCUT2D eigenvalue weighted by Gasteiger charge is 2.15. The topological polar surface area (TPSA) is 64.0 Å². The van der Waals surface area contributed by atoms with E-state index in [0.717, 1.165) is 42.7 Å². The lowest BCUT2D eigenvalue weighted by Crippen LogP contribution is -2.33. The van der Waals surface area contributed by atoms with Gasteiger partial charge in [0, 0.05) is 18.7 Å². The quantitative estimate of drug-likeness (QED) is 0.899. The molecule has 1 amide bonds. The molecule has 1 heterocycles. The van der Waals surface area contributed by atoms with Crippen LogP contribution >= 0.6 is 0 Å². The zero-order valence-electron chi connectivity index (χ0n) is 13.0. The number of nitrogens with one attached hydrogen (secondary N) is 1. The van der Waals surface area contributed by atoms with Crippen LogP contribution in [-0.4, -0.2) is 22.2 Å². The number of fused-ring (bicyclic) bond motifs is 1. The largest absolute Gasteiger partial charge is 0.354 e. The van der Waals surface area contributed by atoms with E-state index in [0.29, 0.717) is 0 Å². The van der Waals surface area contributed by atoms with Crippen LogP contribution in [0.15, 0.2) is 29.1 Å². The van der Waals surface area contributed by atoms with E-state index in [2.05, 4.69) is 10.4 Å². The van der Waals surface area contributed by atoms with E-state index in [1.807, 2.05) is 0 Å². The van der Waals surface area contributed by atoms with E-state index in [1.165, 1.54) is 10.7 Å². The molecule has 7 heteroatoms. The van der Waals surface area contributed by atoms with Gasteiger partial charge in [0.25, 0.3) is 5.56 Å². The summed E-state index contributed by atoms with van der Waals surface area (Å²) in [6.07, 6.45) is 2.58. The van der Waals surface area contributed by atoms with Crippen LogP contribution in [0.2, 0.25) is 0 Å². The van der Waals surface area contributed by atoms with Crippen molar-refractivity contribution in [3.05, 3.63) is 63.1 Å². The number of hydrogen-bond acceptors (Lipinski definition) is 3. The first-order valence-electron chi connectivity index (χ1n) is 7.83. The highest BCUT2D eigenvalue weighted by molar-refractivity contribution is 5.78. The van der Waals surface area contributed by atoms with Crippen LogP contribution in [0.5, 0.6) is 0 Å². The molecule has 1 aromatic carbocycles. The minimum Gasteiger partial charge on any atom is -0.354 e. The summed E-state index contributed by atoms with van der Waals surface area (Å²) < 4.78 is 27.7. The van der Waals surface area contributed by atoms with Gasteiger partial charge in [-0.25, -0.2) is 13.5 Å². The Kier molecular flexibility index (Phi) is 4.69. The number of carbonyl (C=O) groups is 1. The molecule has 1 N–H and O–H groups in total. The lowest BCUT2D eigenvalue weighted by Gasteiger charge is -2.09. The van der Waals surface area contributed by atoms with Gasteiger partial charge in [0.1, 0.15) is 11.6 Å². The monoisotopic (exact) mass is 333 g/mol. The Hall–Kier alpha value is -2.57. The highest BCUT2D eigenvalue weighted by Crippen LogP contribution is 2.16. The van der Waals surface area contributed by atoms with Crippen LogP contribution in [0, 0.1) is 11.6 Å². The molecule has 0 aliphatic heterocycles. The fraction of sp³-hybridized carbons (Fsp3) is 0.353. The van der Waals surface area contributed by atoms with Crippen LogP contribution in [0.4, 0.5) is 8.78 Å². The molecule has 0 saturated carbocycles. The number of carbonyl (C=O) groups excluding carboxylic acids is 1. The number of halogens is 2. The minimum atomic E-state index is -0.748. The van der Waals surface area contributed by atoms with Crippen molar-refractivity contribution in [2.75, 3.05) is 6.54 Å². The number of nitrogens with zero attached hydrogens (tertiary/aromatic N) is 2. The zero-order chi connectivity index (χ0) is 17.1. The summed E-state index contributed by atoms with van der Waals surface area (Å²) >= 11 is 0. The summed E-state index contributed by atoms with van der Waals surface area (Å²) in [7, 11) is 0. The molecule has 0 radical (unpaired) electrons. The number of amides is 1. The minimum absolute atomic E-state index is 0.127. The predicted molar refractivity (Wildman–Crippen MR) is 83.6 cm³/mol. The van der Waals surface area contributed by atoms with Crippen molar-refractivity contribution in [1.29, 1.82) is 0 Å². The molecule has 0 fully saturated rings. The van der Waals surface area contributed by atoms with Crippen molar-refractivity contribution in [2.24, 2.45) is 0 Å². The van der Waals surface area contributed by atoms with E-state index < -0.39 is 17.5 Å². The maximum Gasteiger partial charge on any atom is 0.267 e. The van der Waals surface area contributed by atoms with Crippen molar-refractivity contribution in [2.45, 2.75) is 32.2 Å². The normalized spacial score (nSPS) is 12.9. The average molecular weight is 333 g/mol. The Morgan fingerprint density at radius 2 is 2.08 bits per heavy atom. The predicted octanol–water partition coefficient (Wildman–Crippen LogP) is 1.37. The maximum absolute atomic E-state index is 13.5. The molecule has 1 aliphatic carbocycles. The van der Waals surface area contributed by atoms with Crippen molar-refractivity contribution < 1.29 is 13.6 Å². The first-order chi connectivity index (χ1) is 11.5. The number of rotatable bonds is 5. The smallest absolute Gasteiger partial charge is 0.267 e. The molecule has 2 aromatic rings. The molecule has 1 aliphatic rings. The molecule has 0 atom stereocenters. The van der Waals surface area contributed by atoms with Gasteiger partial charge in [0.15, 0.2) is 0 Å². The van der Waals surface area contributed by atoms with Gasteiger partial charge in [-0.1, -0.05) is 6.07 Å². The van der Waals surface area contributed by atoms with E-state index in [-0.39, 0.29) is 30.6 Å². The van der Waals surface area contributed by atoms with Gasteiger partial charge in [-0.05, 0) is 36.5 Å². The fourth-order valence-electron chi connectivity index (χ4n) is 2.80. The zero-order valence-corrected chi connectivity index (χ0v) is 13.0. The summed E-state index contributed by atoms with van der Waals surface area (Å²) in [4.78, 5) is 23.8. The van der Waals surface area contributed by atoms with E-state index in [1.54, 1.807) is 6.07 Å². The first-order valence-corrected chi connectivity index (χ1v) is 7.83.